The Labute approximate surface area is 183 Å². The average molecular weight is 432 g/mol. The Kier molecular flexibility index (Phi) is 7.16. The first-order valence-corrected chi connectivity index (χ1v) is 9.54. The van der Waals surface area contributed by atoms with Crippen molar-refractivity contribution in [3.63, 3.8) is 0 Å². The maximum atomic E-state index is 12.4. The molecule has 3 rings (SSSR count). The zero-order valence-corrected chi connectivity index (χ0v) is 17.1. The monoisotopic (exact) mass is 432 g/mol. The van der Waals surface area contributed by atoms with Gasteiger partial charge in [0.05, 0.1) is 4.92 Å². The van der Waals surface area contributed by atoms with E-state index in [1.54, 1.807) is 24.3 Å². The highest BCUT2D eigenvalue weighted by atomic mass is 16.6. The van der Waals surface area contributed by atoms with E-state index in [1.165, 1.54) is 37.4 Å². The molecule has 0 heterocycles. The highest BCUT2D eigenvalue weighted by Gasteiger charge is 2.13. The number of hydrogen-bond donors (Lipinski definition) is 3. The van der Waals surface area contributed by atoms with Gasteiger partial charge in [0, 0.05) is 24.9 Å². The fourth-order valence-corrected chi connectivity index (χ4v) is 2.67. The summed E-state index contributed by atoms with van der Waals surface area (Å²) in [6, 6.07) is 21.0. The van der Waals surface area contributed by atoms with E-state index < -0.39 is 16.9 Å². The molecule has 32 heavy (non-hydrogen) atoms. The van der Waals surface area contributed by atoms with E-state index in [2.05, 4.69) is 16.0 Å². The first-order chi connectivity index (χ1) is 15.4. The Morgan fingerprint density at radius 2 is 1.53 bits per heavy atom. The second-order valence-corrected chi connectivity index (χ2v) is 6.50. The molecule has 3 aromatic rings. The summed E-state index contributed by atoms with van der Waals surface area (Å²) in [6.07, 6.45) is 1.42. The number of anilines is 1. The third kappa shape index (κ3) is 6.17. The number of hydrogen-bond acceptors (Lipinski definition) is 5. The maximum absolute atomic E-state index is 12.4. The van der Waals surface area contributed by atoms with Crippen LogP contribution in [0.2, 0.25) is 0 Å². The van der Waals surface area contributed by atoms with Gasteiger partial charge in [-0.05, 0) is 60.2 Å². The largest absolute Gasteiger partial charge is 0.457 e. The van der Waals surface area contributed by atoms with Crippen LogP contribution in [0.15, 0.2) is 84.6 Å². The summed E-state index contributed by atoms with van der Waals surface area (Å²) in [6.45, 7) is 0. The van der Waals surface area contributed by atoms with Crippen molar-refractivity contribution >= 4 is 29.4 Å². The molecule has 0 fully saturated rings. The highest BCUT2D eigenvalue weighted by Crippen LogP contribution is 2.22. The first kappa shape index (κ1) is 22.0. The van der Waals surface area contributed by atoms with Crippen molar-refractivity contribution < 1.29 is 19.2 Å². The number of carbonyl (C=O) groups excluding carboxylic acids is 2. The smallest absolute Gasteiger partial charge is 0.323 e. The van der Waals surface area contributed by atoms with Crippen LogP contribution >= 0.6 is 0 Å². The van der Waals surface area contributed by atoms with Crippen LogP contribution in [0.25, 0.3) is 6.08 Å². The van der Waals surface area contributed by atoms with Gasteiger partial charge in [-0.1, -0.05) is 18.2 Å². The third-order valence-corrected chi connectivity index (χ3v) is 4.23. The lowest BCUT2D eigenvalue weighted by atomic mass is 10.1. The SMILES string of the molecule is CNC(=O)C(=Cc1ccc([N+](=O)[O-])cc1)NC(=O)Nc1ccc(Oc2ccccc2)cc1. The number of rotatable bonds is 7. The van der Waals surface area contributed by atoms with Gasteiger partial charge in [-0.3, -0.25) is 14.9 Å². The molecule has 3 aromatic carbocycles. The number of likely N-dealkylation sites (N-methyl/N-ethyl adjacent to an activating group) is 1. The Bertz CT molecular complexity index is 1130. The quantitative estimate of drug-likeness (QED) is 0.292. The number of nitrogens with one attached hydrogen (secondary N) is 3. The number of amides is 3. The number of ether oxygens (including phenoxy) is 1. The predicted octanol–water partition coefficient (Wildman–Crippen LogP) is 4.30. The Morgan fingerprint density at radius 1 is 0.906 bits per heavy atom. The van der Waals surface area contributed by atoms with Gasteiger partial charge in [-0.25, -0.2) is 4.79 Å². The van der Waals surface area contributed by atoms with Gasteiger partial charge >= 0.3 is 6.03 Å². The Balaban J connectivity index is 1.66. The molecule has 0 aliphatic heterocycles. The molecule has 0 atom stereocenters. The number of carbonyl (C=O) groups is 2. The lowest BCUT2D eigenvalue weighted by molar-refractivity contribution is -0.384. The van der Waals surface area contributed by atoms with Gasteiger partial charge in [0.1, 0.15) is 17.2 Å². The summed E-state index contributed by atoms with van der Waals surface area (Å²) in [5.41, 5.74) is 0.906. The minimum atomic E-state index is -0.626. The lowest BCUT2D eigenvalue weighted by Gasteiger charge is -2.11. The van der Waals surface area contributed by atoms with Crippen molar-refractivity contribution in [1.29, 1.82) is 0 Å². The van der Waals surface area contributed by atoms with Crippen LogP contribution in [0, 0.1) is 10.1 Å². The zero-order chi connectivity index (χ0) is 22.9. The van der Waals surface area contributed by atoms with Crippen LogP contribution in [-0.4, -0.2) is 23.9 Å². The van der Waals surface area contributed by atoms with Crippen molar-refractivity contribution in [2.75, 3.05) is 12.4 Å². The predicted molar refractivity (Wildman–Crippen MR) is 120 cm³/mol. The van der Waals surface area contributed by atoms with Crippen molar-refractivity contribution in [3.8, 4) is 11.5 Å². The van der Waals surface area contributed by atoms with E-state index in [0.29, 0.717) is 22.7 Å². The van der Waals surface area contributed by atoms with E-state index >= 15 is 0 Å². The number of urea groups is 1. The van der Waals surface area contributed by atoms with Crippen molar-refractivity contribution in [2.24, 2.45) is 0 Å². The second-order valence-electron chi connectivity index (χ2n) is 6.50. The van der Waals surface area contributed by atoms with Crippen molar-refractivity contribution in [2.45, 2.75) is 0 Å². The summed E-state index contributed by atoms with van der Waals surface area (Å²) in [5.74, 6) is 0.772. The number of nitrogens with zero attached hydrogens (tertiary/aromatic N) is 1. The van der Waals surface area contributed by atoms with Crippen LogP contribution in [0.3, 0.4) is 0 Å². The van der Waals surface area contributed by atoms with Crippen LogP contribution in [0.4, 0.5) is 16.2 Å². The normalized spacial score (nSPS) is 10.7. The number of para-hydroxylation sites is 1. The number of nitro benzene ring substituents is 1. The summed E-state index contributed by atoms with van der Waals surface area (Å²) >= 11 is 0. The number of benzene rings is 3. The van der Waals surface area contributed by atoms with Gasteiger partial charge < -0.3 is 20.7 Å². The van der Waals surface area contributed by atoms with E-state index in [4.69, 9.17) is 4.74 Å². The van der Waals surface area contributed by atoms with Gasteiger partial charge in [0.25, 0.3) is 11.6 Å². The minimum absolute atomic E-state index is 0.0251. The molecule has 0 radical (unpaired) electrons. The van der Waals surface area contributed by atoms with Crippen molar-refractivity contribution in [3.05, 3.63) is 100 Å². The van der Waals surface area contributed by atoms with Gasteiger partial charge in [-0.15, -0.1) is 0 Å². The van der Waals surface area contributed by atoms with E-state index in [1.807, 2.05) is 30.3 Å². The molecular weight excluding hydrogens is 412 g/mol. The summed E-state index contributed by atoms with van der Waals surface area (Å²) in [7, 11) is 1.43. The van der Waals surface area contributed by atoms with Crippen LogP contribution in [0.1, 0.15) is 5.56 Å². The number of nitro groups is 1. The minimum Gasteiger partial charge on any atom is -0.457 e. The Hall–Kier alpha value is -4.66. The topological polar surface area (TPSA) is 123 Å². The molecule has 0 spiro atoms. The Morgan fingerprint density at radius 3 is 2.12 bits per heavy atom. The van der Waals surface area contributed by atoms with E-state index in [9.17, 15) is 19.7 Å². The molecule has 0 saturated carbocycles. The maximum Gasteiger partial charge on any atom is 0.323 e. The molecule has 3 N–H and O–H groups in total. The van der Waals surface area contributed by atoms with Gasteiger partial charge in [-0.2, -0.15) is 0 Å². The summed E-state index contributed by atoms with van der Waals surface area (Å²) in [5, 5.41) is 18.3. The molecule has 0 saturated heterocycles. The molecule has 9 nitrogen and oxygen atoms in total. The highest BCUT2D eigenvalue weighted by molar-refractivity contribution is 6.03. The summed E-state index contributed by atoms with van der Waals surface area (Å²) < 4.78 is 5.71. The molecule has 0 aromatic heterocycles. The molecule has 162 valence electrons. The fourth-order valence-electron chi connectivity index (χ4n) is 2.67. The summed E-state index contributed by atoms with van der Waals surface area (Å²) in [4.78, 5) is 34.8. The molecule has 0 unspecified atom stereocenters. The molecule has 3 amide bonds. The van der Waals surface area contributed by atoms with E-state index in [0.717, 1.165) is 0 Å². The molecule has 9 heteroatoms. The number of non-ortho nitro benzene ring substituents is 1. The standard InChI is InChI=1S/C23H20N4O5/c1-24-22(28)21(15-16-7-11-18(12-8-16)27(30)31)26-23(29)25-17-9-13-20(14-10-17)32-19-5-3-2-4-6-19/h2-15H,1H3,(H,24,28)(H2,25,26,29). The van der Waals surface area contributed by atoms with Crippen LogP contribution in [0.5, 0.6) is 11.5 Å². The van der Waals surface area contributed by atoms with Crippen LogP contribution < -0.4 is 20.7 Å². The zero-order valence-electron chi connectivity index (χ0n) is 17.1. The third-order valence-electron chi connectivity index (χ3n) is 4.23. The van der Waals surface area contributed by atoms with Crippen LogP contribution in [-0.2, 0) is 4.79 Å². The van der Waals surface area contributed by atoms with Crippen molar-refractivity contribution in [1.82, 2.24) is 10.6 Å². The molecule has 0 bridgehead atoms. The molecular formula is C23H20N4O5. The lowest BCUT2D eigenvalue weighted by Crippen LogP contribution is -2.35. The first-order valence-electron chi connectivity index (χ1n) is 9.54. The molecule has 0 aliphatic carbocycles. The second kappa shape index (κ2) is 10.4. The van der Waals surface area contributed by atoms with Gasteiger partial charge in [0.15, 0.2) is 0 Å². The van der Waals surface area contributed by atoms with Gasteiger partial charge in [0.2, 0.25) is 0 Å². The fraction of sp³-hybridized carbons (Fsp3) is 0.0435. The average Bonchev–Trinajstić information content (AvgIpc) is 2.80. The molecule has 0 aliphatic rings. The van der Waals surface area contributed by atoms with E-state index in [-0.39, 0.29) is 11.4 Å².